The number of nitrogens with one attached hydrogen (secondary N) is 1. The van der Waals surface area contributed by atoms with Crippen molar-refractivity contribution in [1.82, 2.24) is 5.32 Å². The highest BCUT2D eigenvalue weighted by Gasteiger charge is 2.08. The predicted molar refractivity (Wildman–Crippen MR) is 74.9 cm³/mol. The average Bonchev–Trinajstić information content (AvgIpc) is 2.40. The molecule has 2 N–H and O–H groups in total. The average molecular weight is 318 g/mol. The Kier molecular flexibility index (Phi) is 7.27. The molecule has 5 heteroatoms. The monoisotopic (exact) mass is 317 g/mol. The van der Waals surface area contributed by atoms with Crippen LogP contribution < -0.4 is 10.1 Å². The summed E-state index contributed by atoms with van der Waals surface area (Å²) in [5.41, 5.74) is 1.10. The lowest BCUT2D eigenvalue weighted by atomic mass is 10.1. The first-order chi connectivity index (χ1) is 8.71. The summed E-state index contributed by atoms with van der Waals surface area (Å²) in [6.45, 7) is 1.41. The minimum absolute atomic E-state index is 0.0445. The number of rotatable bonds is 8. The zero-order valence-corrected chi connectivity index (χ0v) is 12.4. The number of aliphatic hydroxyl groups is 1. The molecule has 0 saturated carbocycles. The van der Waals surface area contributed by atoms with Gasteiger partial charge in [0.05, 0.1) is 13.7 Å². The molecule has 1 aromatic carbocycles. The Bertz CT molecular complexity index is 360. The van der Waals surface area contributed by atoms with E-state index in [9.17, 15) is 5.11 Å². The topological polar surface area (TPSA) is 50.7 Å². The second-order valence-corrected chi connectivity index (χ2v) is 4.85. The molecule has 0 amide bonds. The first kappa shape index (κ1) is 15.4. The zero-order valence-electron chi connectivity index (χ0n) is 10.8. The molecule has 0 aliphatic heterocycles. The van der Waals surface area contributed by atoms with E-state index < -0.39 is 0 Å². The predicted octanol–water partition coefficient (Wildman–Crippen LogP) is 1.94. The maximum absolute atomic E-state index is 9.25. The SMILES string of the molecule is COCCC(CO)NCc1cc(OC)ccc1Br. The van der Waals surface area contributed by atoms with Crippen LogP contribution in [0.3, 0.4) is 0 Å². The van der Waals surface area contributed by atoms with Crippen molar-refractivity contribution in [3.05, 3.63) is 28.2 Å². The molecule has 0 radical (unpaired) electrons. The molecule has 102 valence electrons. The van der Waals surface area contributed by atoms with E-state index in [1.165, 1.54) is 0 Å². The van der Waals surface area contributed by atoms with Gasteiger partial charge in [0.15, 0.2) is 0 Å². The van der Waals surface area contributed by atoms with Gasteiger partial charge in [0.1, 0.15) is 5.75 Å². The van der Waals surface area contributed by atoms with Crippen molar-refractivity contribution in [2.24, 2.45) is 0 Å². The van der Waals surface area contributed by atoms with Gasteiger partial charge in [-0.25, -0.2) is 0 Å². The van der Waals surface area contributed by atoms with E-state index in [4.69, 9.17) is 9.47 Å². The molecule has 1 aromatic rings. The number of benzene rings is 1. The van der Waals surface area contributed by atoms with Crippen LogP contribution in [0.5, 0.6) is 5.75 Å². The Labute approximate surface area is 116 Å². The molecule has 18 heavy (non-hydrogen) atoms. The van der Waals surface area contributed by atoms with Gasteiger partial charge in [0.25, 0.3) is 0 Å². The fraction of sp³-hybridized carbons (Fsp3) is 0.538. The molecule has 1 rings (SSSR count). The molecule has 0 bridgehead atoms. The lowest BCUT2D eigenvalue weighted by molar-refractivity contribution is 0.159. The summed E-state index contributed by atoms with van der Waals surface area (Å²) in [7, 11) is 3.31. The number of methoxy groups -OCH3 is 2. The van der Waals surface area contributed by atoms with E-state index in [2.05, 4.69) is 21.2 Å². The third kappa shape index (κ3) is 4.94. The van der Waals surface area contributed by atoms with Crippen LogP contribution in [0.15, 0.2) is 22.7 Å². The molecule has 0 saturated heterocycles. The molecule has 4 nitrogen and oxygen atoms in total. The quantitative estimate of drug-likeness (QED) is 0.769. The third-order valence-electron chi connectivity index (χ3n) is 2.72. The van der Waals surface area contributed by atoms with Crippen LogP contribution in [0.4, 0.5) is 0 Å². The van der Waals surface area contributed by atoms with Crippen molar-refractivity contribution in [3.63, 3.8) is 0 Å². The summed E-state index contributed by atoms with van der Waals surface area (Å²) in [4.78, 5) is 0. The minimum Gasteiger partial charge on any atom is -0.497 e. The van der Waals surface area contributed by atoms with Gasteiger partial charge < -0.3 is 19.9 Å². The van der Waals surface area contributed by atoms with E-state index >= 15 is 0 Å². The fourth-order valence-corrected chi connectivity index (χ4v) is 1.97. The van der Waals surface area contributed by atoms with E-state index in [1.807, 2.05) is 18.2 Å². The minimum atomic E-state index is 0.0445. The van der Waals surface area contributed by atoms with Crippen molar-refractivity contribution >= 4 is 15.9 Å². The highest BCUT2D eigenvalue weighted by molar-refractivity contribution is 9.10. The zero-order chi connectivity index (χ0) is 13.4. The number of hydrogen-bond donors (Lipinski definition) is 2. The first-order valence-electron chi connectivity index (χ1n) is 5.86. The maximum Gasteiger partial charge on any atom is 0.119 e. The standard InChI is InChI=1S/C13H20BrNO3/c1-17-6-5-11(9-16)15-8-10-7-12(18-2)3-4-13(10)14/h3-4,7,11,15-16H,5-6,8-9H2,1-2H3. The Morgan fingerprint density at radius 1 is 1.39 bits per heavy atom. The number of hydrogen-bond acceptors (Lipinski definition) is 4. The Morgan fingerprint density at radius 2 is 2.17 bits per heavy atom. The van der Waals surface area contributed by atoms with Crippen LogP contribution >= 0.6 is 15.9 Å². The van der Waals surface area contributed by atoms with Gasteiger partial charge in [0.2, 0.25) is 0 Å². The molecule has 0 aliphatic carbocycles. The summed E-state index contributed by atoms with van der Waals surface area (Å²) in [5.74, 6) is 0.826. The van der Waals surface area contributed by atoms with Gasteiger partial charge in [-0.2, -0.15) is 0 Å². The molecule has 1 unspecified atom stereocenters. The Morgan fingerprint density at radius 3 is 2.78 bits per heavy atom. The Hall–Kier alpha value is -0.620. The summed E-state index contributed by atoms with van der Waals surface area (Å²) in [6.07, 6.45) is 0.786. The van der Waals surface area contributed by atoms with E-state index in [0.717, 1.165) is 22.2 Å². The van der Waals surface area contributed by atoms with Gasteiger partial charge in [-0.05, 0) is 30.2 Å². The molecule has 0 fully saturated rings. The van der Waals surface area contributed by atoms with Crippen LogP contribution in [-0.4, -0.2) is 38.6 Å². The molecular formula is C13H20BrNO3. The normalized spacial score (nSPS) is 12.4. The number of aliphatic hydroxyl groups excluding tert-OH is 1. The van der Waals surface area contributed by atoms with Gasteiger partial charge >= 0.3 is 0 Å². The first-order valence-corrected chi connectivity index (χ1v) is 6.66. The molecule has 1 atom stereocenters. The van der Waals surface area contributed by atoms with Crippen molar-refractivity contribution in [1.29, 1.82) is 0 Å². The van der Waals surface area contributed by atoms with Gasteiger partial charge in [-0.1, -0.05) is 15.9 Å². The van der Waals surface area contributed by atoms with Crippen LogP contribution in [0.1, 0.15) is 12.0 Å². The van der Waals surface area contributed by atoms with Crippen molar-refractivity contribution in [3.8, 4) is 5.75 Å². The van der Waals surface area contributed by atoms with Crippen molar-refractivity contribution in [2.75, 3.05) is 27.4 Å². The van der Waals surface area contributed by atoms with Crippen LogP contribution in [0.25, 0.3) is 0 Å². The molecule has 0 aliphatic rings. The largest absolute Gasteiger partial charge is 0.497 e. The van der Waals surface area contributed by atoms with Crippen molar-refractivity contribution < 1.29 is 14.6 Å². The maximum atomic E-state index is 9.25. The molecular weight excluding hydrogens is 298 g/mol. The van der Waals surface area contributed by atoms with Crippen LogP contribution in [0.2, 0.25) is 0 Å². The second kappa shape index (κ2) is 8.48. The number of ether oxygens (including phenoxy) is 2. The van der Waals surface area contributed by atoms with Crippen LogP contribution in [0, 0.1) is 0 Å². The summed E-state index contributed by atoms with van der Waals surface area (Å²) >= 11 is 3.50. The molecule has 0 aromatic heterocycles. The van der Waals surface area contributed by atoms with E-state index in [1.54, 1.807) is 14.2 Å². The highest BCUT2D eigenvalue weighted by atomic mass is 79.9. The summed E-state index contributed by atoms with van der Waals surface area (Å²) in [5, 5.41) is 12.5. The van der Waals surface area contributed by atoms with Gasteiger partial charge in [0, 0.05) is 30.8 Å². The summed E-state index contributed by atoms with van der Waals surface area (Å²) < 4.78 is 11.2. The lowest BCUT2D eigenvalue weighted by Crippen LogP contribution is -2.33. The Balaban J connectivity index is 2.55. The van der Waals surface area contributed by atoms with Gasteiger partial charge in [-0.15, -0.1) is 0 Å². The lowest BCUT2D eigenvalue weighted by Gasteiger charge is -2.16. The molecule has 0 spiro atoms. The number of halogens is 1. The second-order valence-electron chi connectivity index (χ2n) is 4.00. The van der Waals surface area contributed by atoms with E-state index in [-0.39, 0.29) is 12.6 Å². The highest BCUT2D eigenvalue weighted by Crippen LogP contribution is 2.22. The smallest absolute Gasteiger partial charge is 0.119 e. The van der Waals surface area contributed by atoms with Crippen molar-refractivity contribution in [2.45, 2.75) is 19.0 Å². The van der Waals surface area contributed by atoms with Crippen LogP contribution in [-0.2, 0) is 11.3 Å². The molecule has 0 heterocycles. The third-order valence-corrected chi connectivity index (χ3v) is 3.50. The van der Waals surface area contributed by atoms with Gasteiger partial charge in [-0.3, -0.25) is 0 Å². The fourth-order valence-electron chi connectivity index (χ4n) is 1.59. The van der Waals surface area contributed by atoms with E-state index in [0.29, 0.717) is 13.2 Å². The summed E-state index contributed by atoms with van der Waals surface area (Å²) in [6, 6.07) is 5.88.